The van der Waals surface area contributed by atoms with Crippen molar-refractivity contribution in [2.24, 2.45) is 0 Å². The smallest absolute Gasteiger partial charge is 0.271 e. The van der Waals surface area contributed by atoms with E-state index in [1.165, 1.54) is 0 Å². The lowest BCUT2D eigenvalue weighted by Crippen LogP contribution is -2.31. The molecule has 25 heavy (non-hydrogen) atoms. The fourth-order valence-electron chi connectivity index (χ4n) is 2.92. The van der Waals surface area contributed by atoms with Gasteiger partial charge in [0.1, 0.15) is 0 Å². The van der Waals surface area contributed by atoms with Gasteiger partial charge in [-0.15, -0.1) is 10.2 Å². The molecule has 0 unspecified atom stereocenters. The highest BCUT2D eigenvalue weighted by molar-refractivity contribution is 5.92. The zero-order valence-electron chi connectivity index (χ0n) is 14.5. The molecule has 2 aromatic rings. The first kappa shape index (κ1) is 17.1. The largest absolute Gasteiger partial charge is 0.351 e. The predicted octanol–water partition coefficient (Wildman–Crippen LogP) is 1.02. The summed E-state index contributed by atoms with van der Waals surface area (Å²) in [7, 11) is 0. The van der Waals surface area contributed by atoms with E-state index < -0.39 is 0 Å². The number of aryl methyl sites for hydroxylation is 2. The number of rotatable bonds is 6. The Morgan fingerprint density at radius 1 is 1.28 bits per heavy atom. The first-order valence-corrected chi connectivity index (χ1v) is 8.48. The molecular weight excluding hydrogens is 320 g/mol. The highest BCUT2D eigenvalue weighted by Crippen LogP contribution is 2.10. The molecule has 1 saturated heterocycles. The van der Waals surface area contributed by atoms with Gasteiger partial charge in [0.05, 0.1) is 5.69 Å². The Kier molecular flexibility index (Phi) is 5.06. The van der Waals surface area contributed by atoms with E-state index in [9.17, 15) is 9.59 Å². The Morgan fingerprint density at radius 2 is 2.12 bits per heavy atom. The maximum absolute atomic E-state index is 12.1. The quantitative estimate of drug-likeness (QED) is 0.791. The maximum atomic E-state index is 12.1. The van der Waals surface area contributed by atoms with Crippen LogP contribution in [0.25, 0.3) is 5.82 Å². The van der Waals surface area contributed by atoms with Crippen molar-refractivity contribution < 1.29 is 9.59 Å². The normalized spacial score (nSPS) is 14.2. The number of amides is 2. The van der Waals surface area contributed by atoms with Crippen LogP contribution in [0.1, 0.15) is 41.1 Å². The molecule has 132 valence electrons. The van der Waals surface area contributed by atoms with Crippen molar-refractivity contribution in [3.63, 3.8) is 0 Å². The number of likely N-dealkylation sites (tertiary alicyclic amines) is 1. The zero-order chi connectivity index (χ0) is 17.8. The van der Waals surface area contributed by atoms with Gasteiger partial charge in [0, 0.05) is 31.7 Å². The number of nitrogens with zero attached hydrogens (tertiary/aromatic N) is 5. The summed E-state index contributed by atoms with van der Waals surface area (Å²) in [6.07, 6.45) is 2.31. The lowest BCUT2D eigenvalue weighted by atomic mass is 10.3. The van der Waals surface area contributed by atoms with Gasteiger partial charge in [-0.2, -0.15) is 5.10 Å². The number of carbonyl (C=O) groups excluding carboxylic acids is 2. The van der Waals surface area contributed by atoms with Crippen LogP contribution < -0.4 is 5.32 Å². The Hall–Kier alpha value is -2.77. The number of hydrogen-bond donors (Lipinski definition) is 1. The summed E-state index contributed by atoms with van der Waals surface area (Å²) < 4.78 is 1.69. The molecule has 0 radical (unpaired) electrons. The van der Waals surface area contributed by atoms with Gasteiger partial charge < -0.3 is 10.2 Å². The van der Waals surface area contributed by atoms with Crippen LogP contribution in [0.2, 0.25) is 0 Å². The van der Waals surface area contributed by atoms with Gasteiger partial charge in [0.15, 0.2) is 11.5 Å². The summed E-state index contributed by atoms with van der Waals surface area (Å²) in [5.74, 6) is 0.520. The molecule has 3 rings (SSSR count). The first-order valence-electron chi connectivity index (χ1n) is 8.48. The molecule has 1 aliphatic rings. The SMILES string of the molecule is Cc1cc(C)n(-c2ccc(C(=O)NCCCN3CCCC3=O)nn2)n1. The highest BCUT2D eigenvalue weighted by atomic mass is 16.2. The van der Waals surface area contributed by atoms with E-state index in [0.717, 1.165) is 30.8 Å². The second-order valence-corrected chi connectivity index (χ2v) is 6.21. The van der Waals surface area contributed by atoms with Gasteiger partial charge in [-0.05, 0) is 44.9 Å². The summed E-state index contributed by atoms with van der Waals surface area (Å²) in [5.41, 5.74) is 2.13. The van der Waals surface area contributed by atoms with E-state index >= 15 is 0 Å². The average molecular weight is 342 g/mol. The van der Waals surface area contributed by atoms with Crippen LogP contribution in [-0.4, -0.2) is 56.3 Å². The highest BCUT2D eigenvalue weighted by Gasteiger charge is 2.19. The van der Waals surface area contributed by atoms with Crippen molar-refractivity contribution in [3.8, 4) is 5.82 Å². The molecule has 0 aliphatic carbocycles. The molecule has 3 heterocycles. The minimum Gasteiger partial charge on any atom is -0.351 e. The number of nitrogens with one attached hydrogen (secondary N) is 1. The Labute approximate surface area is 146 Å². The Balaban J connectivity index is 1.50. The molecule has 8 nitrogen and oxygen atoms in total. The summed E-state index contributed by atoms with van der Waals surface area (Å²) in [5, 5.41) is 15.2. The van der Waals surface area contributed by atoms with Gasteiger partial charge in [0.2, 0.25) is 5.91 Å². The lowest BCUT2D eigenvalue weighted by Gasteiger charge is -2.15. The molecule has 1 N–H and O–H groups in total. The van der Waals surface area contributed by atoms with E-state index in [1.807, 2.05) is 24.8 Å². The average Bonchev–Trinajstić information content (AvgIpc) is 3.16. The van der Waals surface area contributed by atoms with Gasteiger partial charge in [-0.1, -0.05) is 0 Å². The van der Waals surface area contributed by atoms with Crippen molar-refractivity contribution in [2.45, 2.75) is 33.1 Å². The molecule has 2 amide bonds. The van der Waals surface area contributed by atoms with Gasteiger partial charge in [-0.3, -0.25) is 9.59 Å². The van der Waals surface area contributed by atoms with Crippen molar-refractivity contribution >= 4 is 11.8 Å². The second kappa shape index (κ2) is 7.42. The van der Waals surface area contributed by atoms with Crippen LogP contribution in [0.5, 0.6) is 0 Å². The van der Waals surface area contributed by atoms with E-state index in [2.05, 4.69) is 20.6 Å². The molecule has 0 bridgehead atoms. The summed E-state index contributed by atoms with van der Waals surface area (Å²) in [4.78, 5) is 25.5. The minimum atomic E-state index is -0.264. The van der Waals surface area contributed by atoms with Gasteiger partial charge >= 0.3 is 0 Å². The molecule has 2 aromatic heterocycles. The summed E-state index contributed by atoms with van der Waals surface area (Å²) in [6, 6.07) is 5.32. The first-order chi connectivity index (χ1) is 12.0. The molecule has 8 heteroatoms. The predicted molar refractivity (Wildman–Crippen MR) is 91.4 cm³/mol. The van der Waals surface area contributed by atoms with Crippen LogP contribution in [0.4, 0.5) is 0 Å². The molecule has 0 spiro atoms. The fraction of sp³-hybridized carbons (Fsp3) is 0.471. The molecule has 0 aromatic carbocycles. The van der Waals surface area contributed by atoms with Crippen LogP contribution in [0.3, 0.4) is 0 Å². The second-order valence-electron chi connectivity index (χ2n) is 6.21. The van der Waals surface area contributed by atoms with Gasteiger partial charge in [0.25, 0.3) is 5.91 Å². The van der Waals surface area contributed by atoms with Crippen LogP contribution >= 0.6 is 0 Å². The zero-order valence-corrected chi connectivity index (χ0v) is 14.5. The number of carbonyl (C=O) groups is 2. The summed E-state index contributed by atoms with van der Waals surface area (Å²) >= 11 is 0. The van der Waals surface area contributed by atoms with Crippen molar-refractivity contribution in [3.05, 3.63) is 35.3 Å². The van der Waals surface area contributed by atoms with E-state index in [1.54, 1.807) is 16.8 Å². The molecule has 0 atom stereocenters. The number of aromatic nitrogens is 4. The van der Waals surface area contributed by atoms with Gasteiger partial charge in [-0.25, -0.2) is 4.68 Å². The molecule has 1 aliphatic heterocycles. The summed E-state index contributed by atoms with van der Waals surface area (Å²) in [6.45, 7) is 5.86. The maximum Gasteiger partial charge on any atom is 0.271 e. The Bertz CT molecular complexity index is 768. The minimum absolute atomic E-state index is 0.205. The van der Waals surface area contributed by atoms with Crippen molar-refractivity contribution in [2.75, 3.05) is 19.6 Å². The van der Waals surface area contributed by atoms with Crippen molar-refractivity contribution in [1.29, 1.82) is 0 Å². The lowest BCUT2D eigenvalue weighted by molar-refractivity contribution is -0.127. The van der Waals surface area contributed by atoms with E-state index in [4.69, 9.17) is 0 Å². The van der Waals surface area contributed by atoms with E-state index in [0.29, 0.717) is 25.3 Å². The van der Waals surface area contributed by atoms with Crippen LogP contribution in [0, 0.1) is 13.8 Å². The Morgan fingerprint density at radius 3 is 2.72 bits per heavy atom. The molecule has 1 fully saturated rings. The van der Waals surface area contributed by atoms with Crippen LogP contribution in [-0.2, 0) is 4.79 Å². The molecular formula is C17H22N6O2. The third-order valence-electron chi connectivity index (χ3n) is 4.17. The third kappa shape index (κ3) is 4.01. The fourth-order valence-corrected chi connectivity index (χ4v) is 2.92. The standard InChI is InChI=1S/C17H22N6O2/c1-12-11-13(2)23(21-12)15-7-6-14(19-20-15)17(25)18-8-4-10-22-9-3-5-16(22)24/h6-7,11H,3-5,8-10H2,1-2H3,(H,18,25). The van der Waals surface area contributed by atoms with Crippen LogP contribution in [0.15, 0.2) is 18.2 Å². The molecule has 0 saturated carbocycles. The topological polar surface area (TPSA) is 93.0 Å². The van der Waals surface area contributed by atoms with E-state index in [-0.39, 0.29) is 17.5 Å². The monoisotopic (exact) mass is 342 g/mol. The van der Waals surface area contributed by atoms with Crippen molar-refractivity contribution in [1.82, 2.24) is 30.2 Å². The number of hydrogen-bond acceptors (Lipinski definition) is 5. The third-order valence-corrected chi connectivity index (χ3v) is 4.17.